The Morgan fingerprint density at radius 1 is 0.773 bits per heavy atom. The molecule has 126 valence electrons. The summed E-state index contributed by atoms with van der Waals surface area (Å²) in [7, 11) is 0. The fourth-order valence-electron chi connectivity index (χ4n) is 7.23. The molecular weight excluding hydrogens is 276 g/mol. The van der Waals surface area contributed by atoms with Crippen LogP contribution in [0.3, 0.4) is 0 Å². The molecule has 0 radical (unpaired) electrons. The van der Waals surface area contributed by atoms with Gasteiger partial charge in [-0.15, -0.1) is 0 Å². The Morgan fingerprint density at radius 2 is 1.55 bits per heavy atom. The van der Waals surface area contributed by atoms with E-state index in [1.54, 1.807) is 0 Å². The second kappa shape index (κ2) is 4.94. The van der Waals surface area contributed by atoms with E-state index >= 15 is 0 Å². The van der Waals surface area contributed by atoms with Gasteiger partial charge in [-0.2, -0.15) is 0 Å². The zero-order valence-corrected chi connectivity index (χ0v) is 14.0. The van der Waals surface area contributed by atoms with Crippen molar-refractivity contribution in [2.75, 3.05) is 0 Å². The summed E-state index contributed by atoms with van der Waals surface area (Å²) in [5.41, 5.74) is 0.492. The largest absolute Gasteiger partial charge is 0.393 e. The van der Waals surface area contributed by atoms with E-state index in [2.05, 4.69) is 13.8 Å². The summed E-state index contributed by atoms with van der Waals surface area (Å²) < 4.78 is 0. The van der Waals surface area contributed by atoms with E-state index in [1.807, 2.05) is 0 Å². The van der Waals surface area contributed by atoms with Crippen molar-refractivity contribution in [3.63, 3.8) is 0 Å². The second-order valence-corrected chi connectivity index (χ2v) is 9.40. The molecule has 4 aliphatic carbocycles. The van der Waals surface area contributed by atoms with E-state index in [4.69, 9.17) is 0 Å². The highest BCUT2D eigenvalue weighted by Crippen LogP contribution is 2.66. The van der Waals surface area contributed by atoms with E-state index in [-0.39, 0.29) is 23.4 Å². The molecule has 9 atom stereocenters. The van der Waals surface area contributed by atoms with Crippen LogP contribution in [-0.4, -0.2) is 33.6 Å². The average Bonchev–Trinajstić information content (AvgIpc) is 2.88. The Kier molecular flexibility index (Phi) is 3.46. The molecule has 0 saturated heterocycles. The van der Waals surface area contributed by atoms with Crippen molar-refractivity contribution in [1.82, 2.24) is 0 Å². The molecule has 0 aliphatic heterocycles. The van der Waals surface area contributed by atoms with Crippen LogP contribution >= 0.6 is 0 Å². The number of aliphatic hydroxyl groups is 3. The first-order chi connectivity index (χ1) is 10.4. The minimum absolute atomic E-state index is 0.0678. The third-order valence-electron chi connectivity index (χ3n) is 8.51. The van der Waals surface area contributed by atoms with Crippen LogP contribution in [0.25, 0.3) is 0 Å². The monoisotopic (exact) mass is 308 g/mol. The molecule has 0 amide bonds. The quantitative estimate of drug-likeness (QED) is 0.645. The topological polar surface area (TPSA) is 60.7 Å². The summed E-state index contributed by atoms with van der Waals surface area (Å²) in [5, 5.41) is 31.8. The van der Waals surface area contributed by atoms with Gasteiger partial charge in [0.05, 0.1) is 18.3 Å². The lowest BCUT2D eigenvalue weighted by atomic mass is 9.44. The van der Waals surface area contributed by atoms with Crippen molar-refractivity contribution in [3.8, 4) is 0 Å². The molecule has 0 heterocycles. The predicted molar refractivity (Wildman–Crippen MR) is 85.1 cm³/mol. The van der Waals surface area contributed by atoms with Crippen LogP contribution in [0, 0.1) is 34.5 Å². The standard InChI is InChI=1S/C19H32O3/c1-18-7-3-4-12(18)15-13(6-8-18)19(2)9-5-11(20)10-14(19)16(21)17(15)22/h11-17,20-22H,3-10H2,1-2H3/t11-,12?,13?,14?,15?,16+,17?,18-,19+/m0/s1. The van der Waals surface area contributed by atoms with E-state index in [9.17, 15) is 15.3 Å². The van der Waals surface area contributed by atoms with Gasteiger partial charge >= 0.3 is 0 Å². The molecule has 5 unspecified atom stereocenters. The van der Waals surface area contributed by atoms with Crippen molar-refractivity contribution in [3.05, 3.63) is 0 Å². The molecule has 0 bridgehead atoms. The third-order valence-corrected chi connectivity index (χ3v) is 8.51. The molecular formula is C19H32O3. The lowest BCUT2D eigenvalue weighted by Crippen LogP contribution is -2.63. The molecule has 0 aromatic rings. The maximum absolute atomic E-state index is 10.9. The van der Waals surface area contributed by atoms with Gasteiger partial charge < -0.3 is 15.3 Å². The summed E-state index contributed by atoms with van der Waals surface area (Å²) >= 11 is 0. The van der Waals surface area contributed by atoms with Crippen LogP contribution in [-0.2, 0) is 0 Å². The molecule has 4 aliphatic rings. The Bertz CT molecular complexity index is 452. The van der Waals surface area contributed by atoms with E-state index < -0.39 is 12.2 Å². The van der Waals surface area contributed by atoms with Crippen molar-refractivity contribution in [2.24, 2.45) is 34.5 Å². The van der Waals surface area contributed by atoms with Gasteiger partial charge in [0, 0.05) is 0 Å². The molecule has 3 nitrogen and oxygen atoms in total. The summed E-state index contributed by atoms with van der Waals surface area (Å²) in [5.74, 6) is 1.45. The smallest absolute Gasteiger partial charge is 0.0836 e. The molecule has 22 heavy (non-hydrogen) atoms. The highest BCUT2D eigenvalue weighted by Gasteiger charge is 2.63. The van der Waals surface area contributed by atoms with Crippen LogP contribution in [0.15, 0.2) is 0 Å². The van der Waals surface area contributed by atoms with Gasteiger partial charge in [0.2, 0.25) is 0 Å². The van der Waals surface area contributed by atoms with Crippen LogP contribution in [0.5, 0.6) is 0 Å². The van der Waals surface area contributed by atoms with Crippen LogP contribution in [0.1, 0.15) is 65.2 Å². The normalized spacial score (nSPS) is 61.2. The second-order valence-electron chi connectivity index (χ2n) is 9.40. The van der Waals surface area contributed by atoms with Crippen molar-refractivity contribution in [2.45, 2.75) is 83.5 Å². The lowest BCUT2D eigenvalue weighted by molar-refractivity contribution is -0.219. The Hall–Kier alpha value is -0.120. The van der Waals surface area contributed by atoms with Crippen molar-refractivity contribution < 1.29 is 15.3 Å². The summed E-state index contributed by atoms with van der Waals surface area (Å²) in [6, 6.07) is 0. The molecule has 3 N–H and O–H groups in total. The fraction of sp³-hybridized carbons (Fsp3) is 1.00. The van der Waals surface area contributed by atoms with Crippen LogP contribution in [0.2, 0.25) is 0 Å². The SMILES string of the molecule is C[C@@]12CCCC1C1C(O)[C@H](O)C3C[C@@H](O)CC[C@]3(C)C1CC2. The number of hydrogen-bond acceptors (Lipinski definition) is 3. The molecule has 4 rings (SSSR count). The first-order valence-electron chi connectivity index (χ1n) is 9.41. The van der Waals surface area contributed by atoms with Gasteiger partial charge in [0.15, 0.2) is 0 Å². The number of rotatable bonds is 0. The van der Waals surface area contributed by atoms with E-state index in [0.717, 1.165) is 12.8 Å². The minimum Gasteiger partial charge on any atom is -0.393 e. The summed E-state index contributed by atoms with van der Waals surface area (Å²) in [6.45, 7) is 4.76. The number of fused-ring (bicyclic) bond motifs is 5. The van der Waals surface area contributed by atoms with Crippen molar-refractivity contribution in [1.29, 1.82) is 0 Å². The number of aliphatic hydroxyl groups excluding tert-OH is 3. The maximum atomic E-state index is 10.9. The molecule has 3 heteroatoms. The molecule has 4 fully saturated rings. The first-order valence-corrected chi connectivity index (χ1v) is 9.41. The molecule has 0 spiro atoms. The van der Waals surface area contributed by atoms with Crippen LogP contribution in [0.4, 0.5) is 0 Å². The van der Waals surface area contributed by atoms with E-state index in [0.29, 0.717) is 23.7 Å². The molecule has 0 aromatic heterocycles. The van der Waals surface area contributed by atoms with Gasteiger partial charge in [-0.25, -0.2) is 0 Å². The third kappa shape index (κ3) is 1.91. The van der Waals surface area contributed by atoms with Gasteiger partial charge in [-0.3, -0.25) is 0 Å². The first kappa shape index (κ1) is 15.4. The van der Waals surface area contributed by atoms with Gasteiger partial charge in [0.1, 0.15) is 0 Å². The zero-order chi connectivity index (χ0) is 15.7. The van der Waals surface area contributed by atoms with Gasteiger partial charge in [-0.05, 0) is 79.4 Å². The highest BCUT2D eigenvalue weighted by molar-refractivity contribution is 5.12. The van der Waals surface area contributed by atoms with Crippen LogP contribution < -0.4 is 0 Å². The maximum Gasteiger partial charge on any atom is 0.0836 e. The van der Waals surface area contributed by atoms with Gasteiger partial charge in [0.25, 0.3) is 0 Å². The van der Waals surface area contributed by atoms with Crippen molar-refractivity contribution >= 4 is 0 Å². The predicted octanol–water partition coefficient (Wildman–Crippen LogP) is 2.72. The lowest BCUT2D eigenvalue weighted by Gasteiger charge is -2.63. The molecule has 4 saturated carbocycles. The summed E-state index contributed by atoms with van der Waals surface area (Å²) in [6.07, 6.45) is 7.29. The average molecular weight is 308 g/mol. The Morgan fingerprint density at radius 3 is 2.32 bits per heavy atom. The summed E-state index contributed by atoms with van der Waals surface area (Å²) in [4.78, 5) is 0. The number of hydrogen-bond donors (Lipinski definition) is 3. The zero-order valence-electron chi connectivity index (χ0n) is 14.0. The van der Waals surface area contributed by atoms with E-state index in [1.165, 1.54) is 32.1 Å². The Labute approximate surface area is 134 Å². The fourth-order valence-corrected chi connectivity index (χ4v) is 7.23. The minimum atomic E-state index is -0.649. The van der Waals surface area contributed by atoms with Gasteiger partial charge in [-0.1, -0.05) is 20.3 Å². The Balaban J connectivity index is 1.71. The highest BCUT2D eigenvalue weighted by atomic mass is 16.3. The molecule has 0 aromatic carbocycles.